The SMILES string of the molecule is COc1cc(/C=C2\SC(=O)N(Cc3ccc4ccccc4c3)C2=O)cc(Cl)c1OS(=O)(=O)c1ccc(Cl)cc1. The number of nitrogens with zero attached hydrogens (tertiary/aromatic N) is 1. The zero-order valence-electron chi connectivity index (χ0n) is 20.3. The molecule has 0 atom stereocenters. The van der Waals surface area contributed by atoms with Gasteiger partial charge in [-0.3, -0.25) is 14.5 Å². The number of hydrogen-bond donors (Lipinski definition) is 0. The van der Waals surface area contributed by atoms with Crippen molar-refractivity contribution >= 4 is 73.1 Å². The molecule has 198 valence electrons. The maximum absolute atomic E-state index is 13.1. The molecule has 1 heterocycles. The average molecular weight is 601 g/mol. The van der Waals surface area contributed by atoms with Crippen molar-refractivity contribution in [2.75, 3.05) is 7.11 Å². The van der Waals surface area contributed by atoms with E-state index in [1.807, 2.05) is 42.5 Å². The number of imide groups is 1. The van der Waals surface area contributed by atoms with Gasteiger partial charge in [0.1, 0.15) is 4.90 Å². The number of carbonyl (C=O) groups excluding carboxylic acids is 2. The maximum atomic E-state index is 13.1. The van der Waals surface area contributed by atoms with Crippen molar-refractivity contribution in [3.8, 4) is 11.5 Å². The number of ether oxygens (including phenoxy) is 1. The van der Waals surface area contributed by atoms with E-state index in [2.05, 4.69) is 0 Å². The molecular weight excluding hydrogens is 581 g/mol. The highest BCUT2D eigenvalue weighted by atomic mass is 35.5. The van der Waals surface area contributed by atoms with Crippen LogP contribution in [0.4, 0.5) is 4.79 Å². The van der Waals surface area contributed by atoms with Crippen LogP contribution in [0.1, 0.15) is 11.1 Å². The Labute approximate surface area is 239 Å². The number of carbonyl (C=O) groups is 2. The van der Waals surface area contributed by atoms with Gasteiger partial charge >= 0.3 is 10.1 Å². The maximum Gasteiger partial charge on any atom is 0.339 e. The zero-order valence-corrected chi connectivity index (χ0v) is 23.4. The van der Waals surface area contributed by atoms with Gasteiger partial charge in [-0.25, -0.2) is 0 Å². The van der Waals surface area contributed by atoms with Crippen LogP contribution in [0.3, 0.4) is 0 Å². The van der Waals surface area contributed by atoms with E-state index < -0.39 is 21.3 Å². The Hall–Kier alpha value is -3.50. The Balaban J connectivity index is 1.39. The Morgan fingerprint density at radius 2 is 1.64 bits per heavy atom. The molecule has 1 fully saturated rings. The number of benzene rings is 4. The van der Waals surface area contributed by atoms with E-state index in [1.165, 1.54) is 54.5 Å². The summed E-state index contributed by atoms with van der Waals surface area (Å²) in [5.41, 5.74) is 1.25. The first-order valence-corrected chi connectivity index (χ1v) is 14.4. The van der Waals surface area contributed by atoms with Gasteiger partial charge < -0.3 is 8.92 Å². The highest BCUT2D eigenvalue weighted by Crippen LogP contribution is 2.40. The number of methoxy groups -OCH3 is 1. The summed E-state index contributed by atoms with van der Waals surface area (Å²) >= 11 is 13.0. The van der Waals surface area contributed by atoms with Gasteiger partial charge in [-0.2, -0.15) is 8.42 Å². The Bertz CT molecular complexity index is 1750. The van der Waals surface area contributed by atoms with Crippen LogP contribution in [0.15, 0.2) is 88.7 Å². The summed E-state index contributed by atoms with van der Waals surface area (Å²) in [5, 5.41) is 1.99. The first-order valence-electron chi connectivity index (χ1n) is 11.5. The van der Waals surface area contributed by atoms with Crippen molar-refractivity contribution in [2.45, 2.75) is 11.4 Å². The second-order valence-corrected chi connectivity index (χ2v) is 11.9. The van der Waals surface area contributed by atoms with E-state index in [0.29, 0.717) is 10.6 Å². The number of hydrogen-bond acceptors (Lipinski definition) is 7. The molecule has 0 saturated carbocycles. The molecule has 1 saturated heterocycles. The van der Waals surface area contributed by atoms with Crippen LogP contribution in [-0.2, 0) is 21.5 Å². The van der Waals surface area contributed by atoms with Crippen molar-refractivity contribution in [1.82, 2.24) is 4.90 Å². The predicted octanol–water partition coefficient (Wildman–Crippen LogP) is 7.16. The van der Waals surface area contributed by atoms with Gasteiger partial charge in [0.15, 0.2) is 5.75 Å². The highest BCUT2D eigenvalue weighted by Gasteiger charge is 2.35. The van der Waals surface area contributed by atoms with Gasteiger partial charge in [0, 0.05) is 5.02 Å². The third kappa shape index (κ3) is 5.77. The highest BCUT2D eigenvalue weighted by molar-refractivity contribution is 8.18. The standard InChI is InChI=1S/C28H19Cl2NO6S2/c1-36-24-14-18(13-23(30)26(24)37-39(34,35)22-10-8-21(29)9-11-22)15-25-27(32)31(28(33)38-25)16-17-6-7-19-4-2-3-5-20(19)12-17/h2-15H,16H2,1H3/b25-15-. The summed E-state index contributed by atoms with van der Waals surface area (Å²) in [5.74, 6) is -0.628. The average Bonchev–Trinajstić information content (AvgIpc) is 3.17. The molecular formula is C28H19Cl2NO6S2. The van der Waals surface area contributed by atoms with E-state index >= 15 is 0 Å². The lowest BCUT2D eigenvalue weighted by Gasteiger charge is -2.14. The first-order chi connectivity index (χ1) is 18.6. The van der Waals surface area contributed by atoms with E-state index in [9.17, 15) is 18.0 Å². The molecule has 7 nitrogen and oxygen atoms in total. The minimum absolute atomic E-state index is 0.0293. The number of rotatable bonds is 7. The number of amides is 2. The molecule has 0 radical (unpaired) electrons. The summed E-state index contributed by atoms with van der Waals surface area (Å²) in [4.78, 5) is 27.0. The molecule has 0 spiro atoms. The fourth-order valence-corrected chi connectivity index (χ4v) is 6.20. The molecule has 11 heteroatoms. The molecule has 0 N–H and O–H groups in total. The van der Waals surface area contributed by atoms with Gasteiger partial charge in [0.2, 0.25) is 5.75 Å². The van der Waals surface area contributed by atoms with Gasteiger partial charge in [-0.05, 0) is 82.2 Å². The monoisotopic (exact) mass is 599 g/mol. The second-order valence-electron chi connectivity index (χ2n) is 8.47. The molecule has 0 aromatic heterocycles. The van der Waals surface area contributed by atoms with E-state index in [-0.39, 0.29) is 32.9 Å². The van der Waals surface area contributed by atoms with Crippen LogP contribution in [0.5, 0.6) is 11.5 Å². The molecule has 4 aromatic rings. The Morgan fingerprint density at radius 3 is 2.36 bits per heavy atom. The molecule has 0 aliphatic carbocycles. The van der Waals surface area contributed by atoms with Gasteiger partial charge in [0.05, 0.1) is 23.6 Å². The van der Waals surface area contributed by atoms with Crippen molar-refractivity contribution < 1.29 is 26.9 Å². The van der Waals surface area contributed by atoms with Crippen molar-refractivity contribution in [3.05, 3.63) is 105 Å². The molecule has 0 unspecified atom stereocenters. The topological polar surface area (TPSA) is 90.0 Å². The van der Waals surface area contributed by atoms with Crippen molar-refractivity contribution in [3.63, 3.8) is 0 Å². The fraction of sp³-hybridized carbons (Fsp3) is 0.0714. The van der Waals surface area contributed by atoms with Gasteiger partial charge in [-0.15, -0.1) is 0 Å². The van der Waals surface area contributed by atoms with Crippen LogP contribution < -0.4 is 8.92 Å². The molecule has 5 rings (SSSR count). The van der Waals surface area contributed by atoms with E-state index in [1.54, 1.807) is 0 Å². The summed E-state index contributed by atoms with van der Waals surface area (Å²) in [7, 11) is -2.91. The third-order valence-electron chi connectivity index (χ3n) is 5.87. The molecule has 2 amide bonds. The van der Waals surface area contributed by atoms with Crippen LogP contribution in [0.25, 0.3) is 16.8 Å². The van der Waals surface area contributed by atoms with Crippen LogP contribution in [0.2, 0.25) is 10.0 Å². The molecule has 0 bridgehead atoms. The first kappa shape index (κ1) is 27.1. The predicted molar refractivity (Wildman–Crippen MR) is 153 cm³/mol. The third-order valence-corrected chi connectivity index (χ3v) is 8.55. The van der Waals surface area contributed by atoms with Crippen molar-refractivity contribution in [1.29, 1.82) is 0 Å². The largest absolute Gasteiger partial charge is 0.493 e. The zero-order chi connectivity index (χ0) is 27.7. The lowest BCUT2D eigenvalue weighted by molar-refractivity contribution is -0.123. The number of thioether (sulfide) groups is 1. The van der Waals surface area contributed by atoms with Crippen LogP contribution >= 0.6 is 35.0 Å². The Morgan fingerprint density at radius 1 is 0.923 bits per heavy atom. The fourth-order valence-electron chi connectivity index (χ4n) is 3.97. The lowest BCUT2D eigenvalue weighted by atomic mass is 10.1. The van der Waals surface area contributed by atoms with E-state index in [4.69, 9.17) is 32.1 Å². The number of fused-ring (bicyclic) bond motifs is 1. The summed E-state index contributed by atoms with van der Waals surface area (Å²) < 4.78 is 36.1. The lowest BCUT2D eigenvalue weighted by Crippen LogP contribution is -2.27. The summed E-state index contributed by atoms with van der Waals surface area (Å²) in [6.45, 7) is 0.131. The molecule has 1 aliphatic heterocycles. The summed E-state index contributed by atoms with van der Waals surface area (Å²) in [6, 6.07) is 22.0. The molecule has 4 aromatic carbocycles. The van der Waals surface area contributed by atoms with Crippen molar-refractivity contribution in [2.24, 2.45) is 0 Å². The van der Waals surface area contributed by atoms with Gasteiger partial charge in [0.25, 0.3) is 11.1 Å². The number of halogens is 2. The van der Waals surface area contributed by atoms with E-state index in [0.717, 1.165) is 28.1 Å². The quantitative estimate of drug-likeness (QED) is 0.164. The molecule has 39 heavy (non-hydrogen) atoms. The normalized spacial score (nSPS) is 14.8. The molecule has 1 aliphatic rings. The smallest absolute Gasteiger partial charge is 0.339 e. The minimum Gasteiger partial charge on any atom is -0.493 e. The second kappa shape index (κ2) is 10.9. The minimum atomic E-state index is -4.24. The van der Waals surface area contributed by atoms with Gasteiger partial charge in [-0.1, -0.05) is 59.6 Å². The Kier molecular flexibility index (Phi) is 7.59. The van der Waals surface area contributed by atoms with Crippen LogP contribution in [-0.4, -0.2) is 31.6 Å². The summed E-state index contributed by atoms with van der Waals surface area (Å²) in [6.07, 6.45) is 1.50. The van der Waals surface area contributed by atoms with Crippen LogP contribution in [0, 0.1) is 0 Å².